The highest BCUT2D eigenvalue weighted by atomic mass is 32.1. The van der Waals surface area contributed by atoms with E-state index in [4.69, 9.17) is 12.2 Å². The largest absolute Gasteiger partial charge is 0.507 e. The summed E-state index contributed by atoms with van der Waals surface area (Å²) in [7, 11) is 0. The topological polar surface area (TPSA) is 86.7 Å². The van der Waals surface area contributed by atoms with Crippen LogP contribution in [0, 0.1) is 6.92 Å². The fourth-order valence-corrected chi connectivity index (χ4v) is 1.49. The molecule has 0 bridgehead atoms. The van der Waals surface area contributed by atoms with E-state index >= 15 is 0 Å². The molecule has 7 heteroatoms. The Morgan fingerprint density at radius 1 is 1.50 bits per heavy atom. The third-order valence-corrected chi connectivity index (χ3v) is 2.30. The monoisotopic (exact) mass is 235 g/mol. The smallest absolute Gasteiger partial charge is 0.245 e. The molecule has 16 heavy (non-hydrogen) atoms. The van der Waals surface area contributed by atoms with Crippen LogP contribution in [0.3, 0.4) is 0 Å². The fraction of sp³-hybridized carbons (Fsp3) is 0.111. The molecule has 0 saturated heterocycles. The summed E-state index contributed by atoms with van der Waals surface area (Å²) in [6.07, 6.45) is 0. The number of aromatic nitrogens is 4. The number of aryl methyl sites for hydroxylation is 1. The van der Waals surface area contributed by atoms with E-state index in [-0.39, 0.29) is 5.75 Å². The Labute approximate surface area is 96.7 Å². The number of hydrogen-bond donors (Lipinski definition) is 3. The maximum atomic E-state index is 9.70. The first-order chi connectivity index (χ1) is 7.66. The Morgan fingerprint density at radius 2 is 2.31 bits per heavy atom. The van der Waals surface area contributed by atoms with Crippen molar-refractivity contribution in [1.29, 1.82) is 0 Å². The van der Waals surface area contributed by atoms with E-state index in [1.165, 1.54) is 0 Å². The summed E-state index contributed by atoms with van der Waals surface area (Å²) in [5.41, 5.74) is 1.50. The standard InChI is InChI=1S/C9H9N5OS/c1-5-2-3-6(7(15)4-5)8(16)10-9-11-13-14-12-9/h2-4,15H,1H3,(H2,10,11,12,13,14,16). The van der Waals surface area contributed by atoms with E-state index in [1.54, 1.807) is 12.1 Å². The van der Waals surface area contributed by atoms with Gasteiger partial charge in [-0.15, -0.1) is 0 Å². The van der Waals surface area contributed by atoms with Crippen LogP contribution in [-0.2, 0) is 0 Å². The van der Waals surface area contributed by atoms with Crippen LogP contribution in [0.5, 0.6) is 5.75 Å². The van der Waals surface area contributed by atoms with E-state index in [0.717, 1.165) is 5.56 Å². The molecule has 0 fully saturated rings. The molecule has 0 aliphatic rings. The van der Waals surface area contributed by atoms with Gasteiger partial charge in [0.15, 0.2) is 0 Å². The van der Waals surface area contributed by atoms with Crippen molar-refractivity contribution < 1.29 is 5.11 Å². The van der Waals surface area contributed by atoms with E-state index in [2.05, 4.69) is 25.9 Å². The third-order valence-electron chi connectivity index (χ3n) is 1.98. The lowest BCUT2D eigenvalue weighted by Gasteiger charge is -2.07. The molecule has 2 aromatic rings. The Balaban J connectivity index is 2.21. The van der Waals surface area contributed by atoms with Crippen LogP contribution in [0.2, 0.25) is 0 Å². The zero-order chi connectivity index (χ0) is 11.5. The van der Waals surface area contributed by atoms with Crippen molar-refractivity contribution in [1.82, 2.24) is 20.6 Å². The Bertz CT molecular complexity index is 511. The SMILES string of the molecule is Cc1ccc(C(=S)Nc2nnn[nH]2)c(O)c1. The van der Waals surface area contributed by atoms with Gasteiger partial charge in [0.25, 0.3) is 0 Å². The zero-order valence-corrected chi connectivity index (χ0v) is 9.25. The van der Waals surface area contributed by atoms with E-state index in [1.807, 2.05) is 13.0 Å². The first-order valence-electron chi connectivity index (χ1n) is 4.51. The Hall–Kier alpha value is -2.02. The van der Waals surface area contributed by atoms with Crippen molar-refractivity contribution in [2.45, 2.75) is 6.92 Å². The Kier molecular flexibility index (Phi) is 2.78. The number of anilines is 1. The van der Waals surface area contributed by atoms with Crippen molar-refractivity contribution >= 4 is 23.2 Å². The van der Waals surface area contributed by atoms with Crippen molar-refractivity contribution in [3.8, 4) is 5.75 Å². The lowest BCUT2D eigenvalue weighted by atomic mass is 10.1. The lowest BCUT2D eigenvalue weighted by Crippen LogP contribution is -2.12. The van der Waals surface area contributed by atoms with Gasteiger partial charge in [-0.25, -0.2) is 5.10 Å². The normalized spacial score (nSPS) is 10.1. The lowest BCUT2D eigenvalue weighted by molar-refractivity contribution is 0.474. The molecule has 0 saturated carbocycles. The van der Waals surface area contributed by atoms with Gasteiger partial charge in [0.2, 0.25) is 5.95 Å². The van der Waals surface area contributed by atoms with Crippen LogP contribution in [0.1, 0.15) is 11.1 Å². The fourth-order valence-electron chi connectivity index (χ4n) is 1.22. The summed E-state index contributed by atoms with van der Waals surface area (Å²) in [5.74, 6) is 0.468. The van der Waals surface area contributed by atoms with Crippen molar-refractivity contribution in [2.75, 3.05) is 5.32 Å². The van der Waals surface area contributed by atoms with Crippen LogP contribution in [0.25, 0.3) is 0 Å². The van der Waals surface area contributed by atoms with Gasteiger partial charge in [0.1, 0.15) is 10.7 Å². The second-order valence-electron chi connectivity index (χ2n) is 3.22. The molecule has 0 unspecified atom stereocenters. The number of phenolic OH excluding ortho intramolecular Hbond substituents is 1. The summed E-state index contributed by atoms with van der Waals surface area (Å²) in [5, 5.41) is 25.4. The molecule has 1 aromatic heterocycles. The van der Waals surface area contributed by atoms with Crippen LogP contribution in [-0.4, -0.2) is 30.7 Å². The van der Waals surface area contributed by atoms with Crippen molar-refractivity contribution in [3.63, 3.8) is 0 Å². The minimum atomic E-state index is 0.130. The van der Waals surface area contributed by atoms with Gasteiger partial charge >= 0.3 is 0 Å². The number of H-pyrrole nitrogens is 1. The number of benzene rings is 1. The predicted molar refractivity (Wildman–Crippen MR) is 62.3 cm³/mol. The summed E-state index contributed by atoms with van der Waals surface area (Å²) in [6, 6.07) is 5.24. The third kappa shape index (κ3) is 2.14. The molecule has 6 nitrogen and oxygen atoms in total. The number of thiocarbonyl (C=S) groups is 1. The number of rotatable bonds is 2. The Morgan fingerprint density at radius 3 is 2.94 bits per heavy atom. The average Bonchev–Trinajstić information content (AvgIpc) is 2.70. The number of nitrogens with one attached hydrogen (secondary N) is 2. The van der Waals surface area contributed by atoms with Crippen molar-refractivity contribution in [3.05, 3.63) is 29.3 Å². The van der Waals surface area contributed by atoms with Gasteiger partial charge < -0.3 is 10.4 Å². The van der Waals surface area contributed by atoms with Crippen LogP contribution < -0.4 is 5.32 Å². The van der Waals surface area contributed by atoms with Crippen LogP contribution >= 0.6 is 12.2 Å². The summed E-state index contributed by atoms with van der Waals surface area (Å²) < 4.78 is 0. The predicted octanol–water partition coefficient (Wildman–Crippen LogP) is 1.00. The summed E-state index contributed by atoms with van der Waals surface area (Å²) >= 11 is 5.11. The molecule has 0 aliphatic heterocycles. The molecule has 1 aromatic carbocycles. The second-order valence-corrected chi connectivity index (χ2v) is 3.63. The first kappa shape index (κ1) is 10.5. The highest BCUT2D eigenvalue weighted by Gasteiger charge is 2.08. The maximum absolute atomic E-state index is 9.70. The molecule has 0 radical (unpaired) electrons. The van der Waals surface area contributed by atoms with E-state index in [9.17, 15) is 5.11 Å². The zero-order valence-electron chi connectivity index (χ0n) is 8.43. The van der Waals surface area contributed by atoms with Gasteiger partial charge in [0.05, 0.1) is 5.56 Å². The van der Waals surface area contributed by atoms with Gasteiger partial charge in [-0.3, -0.25) is 0 Å². The van der Waals surface area contributed by atoms with Gasteiger partial charge in [0, 0.05) is 0 Å². The molecule has 3 N–H and O–H groups in total. The van der Waals surface area contributed by atoms with Gasteiger partial charge in [-0.1, -0.05) is 23.4 Å². The molecule has 0 spiro atoms. The van der Waals surface area contributed by atoms with Crippen LogP contribution in [0.15, 0.2) is 18.2 Å². The maximum Gasteiger partial charge on any atom is 0.245 e. The van der Waals surface area contributed by atoms with E-state index in [0.29, 0.717) is 16.5 Å². The minimum absolute atomic E-state index is 0.130. The summed E-state index contributed by atoms with van der Waals surface area (Å²) in [6.45, 7) is 1.89. The number of nitrogens with zero attached hydrogens (tertiary/aromatic N) is 3. The minimum Gasteiger partial charge on any atom is -0.507 e. The van der Waals surface area contributed by atoms with Gasteiger partial charge in [-0.05, 0) is 35.0 Å². The van der Waals surface area contributed by atoms with E-state index < -0.39 is 0 Å². The first-order valence-corrected chi connectivity index (χ1v) is 4.92. The summed E-state index contributed by atoms with van der Waals surface area (Å²) in [4.78, 5) is 0.357. The number of aromatic amines is 1. The molecule has 82 valence electrons. The number of aromatic hydroxyl groups is 1. The molecule has 0 aliphatic carbocycles. The molecule has 1 heterocycles. The molecular weight excluding hydrogens is 226 g/mol. The quantitative estimate of drug-likeness (QED) is 0.673. The number of tetrazole rings is 1. The molecule has 0 atom stereocenters. The highest BCUT2D eigenvalue weighted by Crippen LogP contribution is 2.19. The van der Waals surface area contributed by atoms with Crippen molar-refractivity contribution in [2.24, 2.45) is 0 Å². The molecule has 0 amide bonds. The molecular formula is C9H9N5OS. The number of hydrogen-bond acceptors (Lipinski definition) is 5. The van der Waals surface area contributed by atoms with Gasteiger partial charge in [-0.2, -0.15) is 0 Å². The highest BCUT2D eigenvalue weighted by molar-refractivity contribution is 7.81. The second kappa shape index (κ2) is 4.23. The molecule has 2 rings (SSSR count). The average molecular weight is 235 g/mol. The number of phenols is 1. The van der Waals surface area contributed by atoms with Crippen LogP contribution in [0.4, 0.5) is 5.95 Å².